The molecule has 0 spiro atoms. The summed E-state index contributed by atoms with van der Waals surface area (Å²) < 4.78 is 28.8. The van der Waals surface area contributed by atoms with Crippen LogP contribution in [0.5, 0.6) is 0 Å². The maximum atomic E-state index is 14.0. The molecular weight excluding hydrogens is 569 g/mol. The molecule has 1 atom stereocenters. The molecule has 3 aromatic rings. The minimum atomic E-state index is -4.24. The van der Waals surface area contributed by atoms with E-state index < -0.39 is 28.5 Å². The Morgan fingerprint density at radius 2 is 1.55 bits per heavy atom. The Morgan fingerprint density at radius 1 is 0.900 bits per heavy atom. The normalized spacial score (nSPS) is 12.2. The molecule has 0 bridgehead atoms. The first-order valence-corrected chi connectivity index (χ1v) is 15.2. The molecule has 0 aliphatic carbocycles. The molecule has 0 aliphatic heterocycles. The fraction of sp³-hybridized carbons (Fsp3) is 0.333. The number of hydrogen-bond acceptors (Lipinski definition) is 4. The number of aryl methyl sites for hydroxylation is 2. The highest BCUT2D eigenvalue weighted by Gasteiger charge is 2.33. The smallest absolute Gasteiger partial charge is 0.264 e. The predicted octanol–water partition coefficient (Wildman–Crippen LogP) is 6.00. The van der Waals surface area contributed by atoms with Crippen LogP contribution in [0.15, 0.2) is 71.6 Å². The standard InChI is InChI=1S/C30H35Cl2N3O4S/c1-20(2)17-33-30(37)23(5)34(18-24-9-6-8-22(4)16-24)28(36)19-35(27-11-7-10-26(31)29(27)32)40(38,39)25-14-12-21(3)13-15-25/h6-16,20,23H,17-19H2,1-5H3,(H,33,37). The summed E-state index contributed by atoms with van der Waals surface area (Å²) in [6.07, 6.45) is 0. The third-order valence-corrected chi connectivity index (χ3v) is 8.96. The number of benzene rings is 3. The Bertz CT molecular complexity index is 1460. The van der Waals surface area contributed by atoms with Gasteiger partial charge in [0.15, 0.2) is 0 Å². The first kappa shape index (κ1) is 31.5. The number of nitrogens with zero attached hydrogens (tertiary/aromatic N) is 2. The highest BCUT2D eigenvalue weighted by Crippen LogP contribution is 2.35. The van der Waals surface area contributed by atoms with Gasteiger partial charge in [0.1, 0.15) is 12.6 Å². The molecule has 214 valence electrons. The van der Waals surface area contributed by atoms with Crippen LogP contribution in [0.2, 0.25) is 10.0 Å². The number of anilines is 1. The van der Waals surface area contributed by atoms with Crippen molar-refractivity contribution in [3.63, 3.8) is 0 Å². The topological polar surface area (TPSA) is 86.8 Å². The maximum absolute atomic E-state index is 14.0. The van der Waals surface area contributed by atoms with Gasteiger partial charge >= 0.3 is 0 Å². The number of amides is 2. The fourth-order valence-electron chi connectivity index (χ4n) is 4.08. The van der Waals surface area contributed by atoms with E-state index >= 15 is 0 Å². The predicted molar refractivity (Wildman–Crippen MR) is 161 cm³/mol. The van der Waals surface area contributed by atoms with Crippen LogP contribution >= 0.6 is 23.2 Å². The van der Waals surface area contributed by atoms with Crippen LogP contribution in [0.1, 0.15) is 37.5 Å². The minimum absolute atomic E-state index is 0.000567. The summed E-state index contributed by atoms with van der Waals surface area (Å²) >= 11 is 12.7. The van der Waals surface area contributed by atoms with E-state index in [0.717, 1.165) is 21.0 Å². The van der Waals surface area contributed by atoms with E-state index in [9.17, 15) is 18.0 Å². The van der Waals surface area contributed by atoms with Gasteiger partial charge in [0.2, 0.25) is 11.8 Å². The lowest BCUT2D eigenvalue weighted by Crippen LogP contribution is -2.51. The molecule has 3 aromatic carbocycles. The van der Waals surface area contributed by atoms with E-state index in [1.807, 2.05) is 52.0 Å². The van der Waals surface area contributed by atoms with Crippen molar-refractivity contribution in [2.45, 2.75) is 52.1 Å². The van der Waals surface area contributed by atoms with Gasteiger partial charge in [-0.2, -0.15) is 0 Å². The largest absolute Gasteiger partial charge is 0.354 e. The zero-order valence-electron chi connectivity index (χ0n) is 23.3. The Labute approximate surface area is 247 Å². The molecule has 0 fully saturated rings. The third kappa shape index (κ3) is 7.77. The molecular formula is C30H35Cl2N3O4S. The molecule has 0 aliphatic rings. The number of hydrogen-bond donors (Lipinski definition) is 1. The average molecular weight is 605 g/mol. The summed E-state index contributed by atoms with van der Waals surface area (Å²) in [6, 6.07) is 17.6. The van der Waals surface area contributed by atoms with E-state index in [1.165, 1.54) is 29.2 Å². The quantitative estimate of drug-likeness (QED) is 0.291. The van der Waals surface area contributed by atoms with Crippen LogP contribution in [0, 0.1) is 19.8 Å². The number of sulfonamides is 1. The molecule has 3 rings (SSSR count). The number of rotatable bonds is 11. The lowest BCUT2D eigenvalue weighted by Gasteiger charge is -2.32. The van der Waals surface area contributed by atoms with Crippen LogP contribution in [-0.4, -0.2) is 44.3 Å². The highest BCUT2D eigenvalue weighted by atomic mass is 35.5. The highest BCUT2D eigenvalue weighted by molar-refractivity contribution is 7.92. The van der Waals surface area contributed by atoms with Crippen molar-refractivity contribution >= 4 is 50.7 Å². The van der Waals surface area contributed by atoms with Gasteiger partial charge < -0.3 is 10.2 Å². The maximum Gasteiger partial charge on any atom is 0.264 e. The Balaban J connectivity index is 2.06. The van der Waals surface area contributed by atoms with Crippen molar-refractivity contribution < 1.29 is 18.0 Å². The van der Waals surface area contributed by atoms with Crippen molar-refractivity contribution in [1.82, 2.24) is 10.2 Å². The van der Waals surface area contributed by atoms with Gasteiger partial charge in [-0.3, -0.25) is 13.9 Å². The molecule has 7 nitrogen and oxygen atoms in total. The first-order valence-electron chi connectivity index (χ1n) is 13.0. The first-order chi connectivity index (χ1) is 18.8. The monoisotopic (exact) mass is 603 g/mol. The number of carbonyl (C=O) groups is 2. The minimum Gasteiger partial charge on any atom is -0.354 e. The molecule has 1 N–H and O–H groups in total. The Morgan fingerprint density at radius 3 is 2.17 bits per heavy atom. The van der Waals surface area contributed by atoms with E-state index in [-0.39, 0.29) is 39.0 Å². The lowest BCUT2D eigenvalue weighted by molar-refractivity contribution is -0.139. The Kier molecular flexibility index (Phi) is 10.6. The molecule has 40 heavy (non-hydrogen) atoms. The van der Waals surface area contributed by atoms with E-state index in [0.29, 0.717) is 6.54 Å². The van der Waals surface area contributed by atoms with Crippen molar-refractivity contribution in [1.29, 1.82) is 0 Å². The summed E-state index contributed by atoms with van der Waals surface area (Å²) in [5.41, 5.74) is 2.75. The average Bonchev–Trinajstić information content (AvgIpc) is 2.90. The molecule has 0 radical (unpaired) electrons. The summed E-state index contributed by atoms with van der Waals surface area (Å²) in [5, 5.41) is 3.02. The zero-order valence-corrected chi connectivity index (χ0v) is 25.6. The molecule has 2 amide bonds. The van der Waals surface area contributed by atoms with Crippen LogP contribution in [-0.2, 0) is 26.2 Å². The van der Waals surface area contributed by atoms with Gasteiger partial charge in [0.25, 0.3) is 10.0 Å². The summed E-state index contributed by atoms with van der Waals surface area (Å²) in [6.45, 7) is 9.33. The van der Waals surface area contributed by atoms with Crippen molar-refractivity contribution in [3.05, 3.63) is 93.5 Å². The van der Waals surface area contributed by atoms with Gasteiger partial charge in [0, 0.05) is 13.1 Å². The molecule has 10 heteroatoms. The molecule has 0 heterocycles. The van der Waals surface area contributed by atoms with Gasteiger partial charge in [-0.25, -0.2) is 8.42 Å². The van der Waals surface area contributed by atoms with Crippen LogP contribution in [0.25, 0.3) is 0 Å². The molecule has 0 aromatic heterocycles. The summed E-state index contributed by atoms with van der Waals surface area (Å²) in [7, 11) is -4.24. The number of carbonyl (C=O) groups excluding carboxylic acids is 2. The van der Waals surface area contributed by atoms with Crippen LogP contribution in [0.3, 0.4) is 0 Å². The number of halogens is 2. The summed E-state index contributed by atoms with van der Waals surface area (Å²) in [5.74, 6) is -0.680. The second-order valence-electron chi connectivity index (χ2n) is 10.2. The van der Waals surface area contributed by atoms with E-state index in [1.54, 1.807) is 25.1 Å². The van der Waals surface area contributed by atoms with Crippen molar-refractivity contribution in [2.75, 3.05) is 17.4 Å². The third-order valence-electron chi connectivity index (χ3n) is 6.37. The zero-order chi connectivity index (χ0) is 29.6. The van der Waals surface area contributed by atoms with E-state index in [2.05, 4.69) is 5.32 Å². The second kappa shape index (κ2) is 13.5. The Hall–Kier alpha value is -3.07. The van der Waals surface area contributed by atoms with Crippen molar-refractivity contribution in [3.8, 4) is 0 Å². The molecule has 0 saturated heterocycles. The van der Waals surface area contributed by atoms with Crippen LogP contribution < -0.4 is 9.62 Å². The van der Waals surface area contributed by atoms with Gasteiger partial charge in [-0.1, -0.05) is 90.6 Å². The van der Waals surface area contributed by atoms with Gasteiger partial charge in [-0.15, -0.1) is 0 Å². The SMILES string of the molecule is Cc1ccc(S(=O)(=O)N(CC(=O)N(Cc2cccc(C)c2)C(C)C(=O)NCC(C)C)c2cccc(Cl)c2Cl)cc1. The molecule has 0 saturated carbocycles. The lowest BCUT2D eigenvalue weighted by atomic mass is 10.1. The van der Waals surface area contributed by atoms with Gasteiger partial charge in [0.05, 0.1) is 20.6 Å². The fourth-order valence-corrected chi connectivity index (χ4v) is 5.95. The molecule has 1 unspecified atom stereocenters. The number of nitrogens with one attached hydrogen (secondary N) is 1. The second-order valence-corrected chi connectivity index (χ2v) is 12.9. The van der Waals surface area contributed by atoms with Gasteiger partial charge in [-0.05, 0) is 56.5 Å². The van der Waals surface area contributed by atoms with E-state index in [4.69, 9.17) is 23.2 Å². The van der Waals surface area contributed by atoms with Crippen LogP contribution in [0.4, 0.5) is 5.69 Å². The summed E-state index contributed by atoms with van der Waals surface area (Å²) in [4.78, 5) is 28.5. The van der Waals surface area contributed by atoms with Crippen molar-refractivity contribution in [2.24, 2.45) is 5.92 Å².